The lowest BCUT2D eigenvalue weighted by Gasteiger charge is -2.21. The number of carbonyl (C=O) groups is 3. The van der Waals surface area contributed by atoms with Gasteiger partial charge >= 0.3 is 5.97 Å². The molecule has 0 aromatic heterocycles. The Morgan fingerprint density at radius 2 is 1.88 bits per heavy atom. The van der Waals surface area contributed by atoms with E-state index in [0.717, 1.165) is 0 Å². The van der Waals surface area contributed by atoms with Gasteiger partial charge in [0.25, 0.3) is 0 Å². The molecule has 0 radical (unpaired) electrons. The molecule has 2 amide bonds. The molecule has 1 rings (SSSR count). The highest BCUT2D eigenvalue weighted by atomic mass is 79.9. The normalized spacial score (nSPS) is 12.8. The predicted octanol–water partition coefficient (Wildman–Crippen LogP) is 1.74. The standard InChI is InChI=1S/C16H18BrFN2O4/c1-9(17)7-14(16(23)24)20-15(22)13(19-10(2)21)8-11-5-3-4-6-12(11)18/h3-6,13-14H,1,7-8H2,2H3,(H,19,21)(H,20,22)(H,23,24)/t13-,14+/m1/s1. The lowest BCUT2D eigenvalue weighted by atomic mass is 10.0. The minimum Gasteiger partial charge on any atom is -0.480 e. The summed E-state index contributed by atoms with van der Waals surface area (Å²) in [5.41, 5.74) is 0.239. The van der Waals surface area contributed by atoms with Crippen LogP contribution in [0.3, 0.4) is 0 Å². The molecular weight excluding hydrogens is 383 g/mol. The fraction of sp³-hybridized carbons (Fsp3) is 0.312. The van der Waals surface area contributed by atoms with Gasteiger partial charge in [0.15, 0.2) is 0 Å². The molecule has 2 atom stereocenters. The van der Waals surface area contributed by atoms with Gasteiger partial charge in [0.05, 0.1) is 0 Å². The van der Waals surface area contributed by atoms with E-state index in [0.29, 0.717) is 4.48 Å². The molecule has 0 saturated carbocycles. The summed E-state index contributed by atoms with van der Waals surface area (Å²) in [6.45, 7) is 4.76. The maximum absolute atomic E-state index is 13.8. The molecule has 0 aliphatic rings. The van der Waals surface area contributed by atoms with E-state index in [2.05, 4.69) is 33.1 Å². The second-order valence-electron chi connectivity index (χ2n) is 5.17. The first-order chi connectivity index (χ1) is 11.2. The van der Waals surface area contributed by atoms with Crippen LogP contribution in [0.25, 0.3) is 0 Å². The fourth-order valence-electron chi connectivity index (χ4n) is 2.03. The number of carbonyl (C=O) groups excluding carboxylic acids is 2. The predicted molar refractivity (Wildman–Crippen MR) is 90.0 cm³/mol. The largest absolute Gasteiger partial charge is 0.480 e. The van der Waals surface area contributed by atoms with Crippen LogP contribution in [0, 0.1) is 5.82 Å². The second kappa shape index (κ2) is 9.17. The highest BCUT2D eigenvalue weighted by Gasteiger charge is 2.27. The molecular formula is C16H18BrFN2O4. The number of carboxylic acids is 1. The third kappa shape index (κ3) is 6.49. The van der Waals surface area contributed by atoms with Crippen LogP contribution in [0.2, 0.25) is 0 Å². The Hall–Kier alpha value is -2.22. The molecule has 0 spiro atoms. The SMILES string of the molecule is C=C(Br)C[C@H](NC(=O)[C@@H](Cc1ccccc1F)NC(C)=O)C(=O)O. The van der Waals surface area contributed by atoms with Crippen molar-refractivity contribution in [2.45, 2.75) is 31.8 Å². The van der Waals surface area contributed by atoms with E-state index in [1.807, 2.05) is 0 Å². The number of amides is 2. The number of nitrogens with one attached hydrogen (secondary N) is 2. The van der Waals surface area contributed by atoms with E-state index in [9.17, 15) is 18.8 Å². The molecule has 0 aliphatic carbocycles. The topological polar surface area (TPSA) is 95.5 Å². The van der Waals surface area contributed by atoms with E-state index in [4.69, 9.17) is 5.11 Å². The number of hydrogen-bond donors (Lipinski definition) is 3. The minimum atomic E-state index is -1.24. The third-order valence-electron chi connectivity index (χ3n) is 3.12. The van der Waals surface area contributed by atoms with Gasteiger partial charge in [0.1, 0.15) is 17.9 Å². The summed E-state index contributed by atoms with van der Waals surface area (Å²) in [6.07, 6.45) is -0.118. The van der Waals surface area contributed by atoms with Crippen LogP contribution in [-0.2, 0) is 20.8 Å². The molecule has 6 nitrogen and oxygen atoms in total. The van der Waals surface area contributed by atoms with Crippen molar-refractivity contribution >= 4 is 33.7 Å². The third-order valence-corrected chi connectivity index (χ3v) is 3.44. The molecule has 0 saturated heterocycles. The van der Waals surface area contributed by atoms with E-state index >= 15 is 0 Å². The Balaban J connectivity index is 2.92. The van der Waals surface area contributed by atoms with Crippen molar-refractivity contribution in [3.8, 4) is 0 Å². The molecule has 3 N–H and O–H groups in total. The van der Waals surface area contributed by atoms with Crippen molar-refractivity contribution in [3.63, 3.8) is 0 Å². The van der Waals surface area contributed by atoms with E-state index in [-0.39, 0.29) is 18.4 Å². The molecule has 24 heavy (non-hydrogen) atoms. The molecule has 8 heteroatoms. The number of halogens is 2. The van der Waals surface area contributed by atoms with Crippen LogP contribution < -0.4 is 10.6 Å². The van der Waals surface area contributed by atoms with Gasteiger partial charge in [-0.25, -0.2) is 9.18 Å². The zero-order chi connectivity index (χ0) is 18.3. The van der Waals surface area contributed by atoms with Crippen LogP contribution in [0.4, 0.5) is 4.39 Å². The molecule has 1 aromatic carbocycles. The van der Waals surface area contributed by atoms with Gasteiger partial charge in [-0.2, -0.15) is 0 Å². The maximum Gasteiger partial charge on any atom is 0.326 e. The summed E-state index contributed by atoms with van der Waals surface area (Å²) in [5, 5.41) is 13.9. The van der Waals surface area contributed by atoms with Crippen molar-refractivity contribution < 1.29 is 23.9 Å². The van der Waals surface area contributed by atoms with Gasteiger partial charge in [0, 0.05) is 19.8 Å². The summed E-state index contributed by atoms with van der Waals surface area (Å²) in [6, 6.07) is 3.55. The average Bonchev–Trinajstić information content (AvgIpc) is 2.47. The number of hydrogen-bond acceptors (Lipinski definition) is 3. The summed E-state index contributed by atoms with van der Waals surface area (Å²) < 4.78 is 14.2. The first-order valence-electron chi connectivity index (χ1n) is 7.07. The van der Waals surface area contributed by atoms with Crippen LogP contribution in [0.15, 0.2) is 35.3 Å². The van der Waals surface area contributed by atoms with Gasteiger partial charge in [-0.1, -0.05) is 40.7 Å². The fourth-order valence-corrected chi connectivity index (χ4v) is 2.36. The van der Waals surface area contributed by atoms with Crippen molar-refractivity contribution in [3.05, 3.63) is 46.7 Å². The van der Waals surface area contributed by atoms with Gasteiger partial charge in [-0.05, 0) is 16.1 Å². The maximum atomic E-state index is 13.8. The van der Waals surface area contributed by atoms with Gasteiger partial charge in [0.2, 0.25) is 11.8 Å². The smallest absolute Gasteiger partial charge is 0.326 e. The number of aliphatic carboxylic acids is 1. The monoisotopic (exact) mass is 400 g/mol. The summed E-state index contributed by atoms with van der Waals surface area (Å²) in [5.74, 6) is -2.95. The molecule has 0 unspecified atom stereocenters. The van der Waals surface area contributed by atoms with Crippen molar-refractivity contribution in [2.24, 2.45) is 0 Å². The van der Waals surface area contributed by atoms with Crippen LogP contribution in [-0.4, -0.2) is 35.0 Å². The van der Waals surface area contributed by atoms with Crippen LogP contribution >= 0.6 is 15.9 Å². The van der Waals surface area contributed by atoms with E-state index in [1.54, 1.807) is 6.07 Å². The van der Waals surface area contributed by atoms with Gasteiger partial charge in [-0.15, -0.1) is 0 Å². The average molecular weight is 401 g/mol. The Morgan fingerprint density at radius 1 is 1.25 bits per heavy atom. The first kappa shape index (κ1) is 19.8. The molecule has 0 bridgehead atoms. The Kier molecular flexibility index (Phi) is 7.57. The minimum absolute atomic E-state index is 0.0203. The van der Waals surface area contributed by atoms with E-state index < -0.39 is 35.7 Å². The Morgan fingerprint density at radius 3 is 2.38 bits per heavy atom. The first-order valence-corrected chi connectivity index (χ1v) is 7.87. The zero-order valence-corrected chi connectivity index (χ0v) is 14.6. The Bertz CT molecular complexity index is 651. The van der Waals surface area contributed by atoms with Gasteiger partial charge in [-0.3, -0.25) is 9.59 Å². The summed E-state index contributed by atoms with van der Waals surface area (Å²) in [4.78, 5) is 34.8. The highest BCUT2D eigenvalue weighted by molar-refractivity contribution is 9.11. The van der Waals surface area contributed by atoms with Gasteiger partial charge < -0.3 is 15.7 Å². The van der Waals surface area contributed by atoms with Crippen molar-refractivity contribution in [1.82, 2.24) is 10.6 Å². The molecule has 130 valence electrons. The molecule has 1 aromatic rings. The summed E-state index contributed by atoms with van der Waals surface area (Å²) >= 11 is 3.05. The zero-order valence-electron chi connectivity index (χ0n) is 13.0. The number of rotatable bonds is 8. The molecule has 0 aliphatic heterocycles. The number of benzene rings is 1. The number of carboxylic acid groups (broad SMARTS) is 1. The quantitative estimate of drug-likeness (QED) is 0.619. The van der Waals surface area contributed by atoms with Crippen LogP contribution in [0.5, 0.6) is 0 Å². The van der Waals surface area contributed by atoms with Crippen molar-refractivity contribution in [2.75, 3.05) is 0 Å². The molecule has 0 fully saturated rings. The van der Waals surface area contributed by atoms with Crippen molar-refractivity contribution in [1.29, 1.82) is 0 Å². The Labute approximate surface area is 147 Å². The summed E-state index contributed by atoms with van der Waals surface area (Å²) in [7, 11) is 0. The lowest BCUT2D eigenvalue weighted by molar-refractivity contribution is -0.142. The lowest BCUT2D eigenvalue weighted by Crippen LogP contribution is -2.52. The van der Waals surface area contributed by atoms with E-state index in [1.165, 1.54) is 25.1 Å². The van der Waals surface area contributed by atoms with Crippen LogP contribution in [0.1, 0.15) is 18.9 Å². The highest BCUT2D eigenvalue weighted by Crippen LogP contribution is 2.12. The second-order valence-corrected chi connectivity index (χ2v) is 6.29. The molecule has 0 heterocycles.